The molecule has 25 heavy (non-hydrogen) atoms. The highest BCUT2D eigenvalue weighted by Gasteiger charge is 2.01. The van der Waals surface area contributed by atoms with Crippen molar-refractivity contribution in [2.75, 3.05) is 0 Å². The fourth-order valence-electron chi connectivity index (χ4n) is 2.28. The summed E-state index contributed by atoms with van der Waals surface area (Å²) in [6.45, 7) is 16.2. The maximum Gasteiger partial charge on any atom is 0.118 e. The van der Waals surface area contributed by atoms with Gasteiger partial charge >= 0.3 is 0 Å². The Morgan fingerprint density at radius 3 is 1.76 bits per heavy atom. The molecule has 0 unspecified atom stereocenters. The number of aryl methyl sites for hydroxylation is 2. The van der Waals surface area contributed by atoms with Crippen molar-refractivity contribution < 1.29 is 0 Å². The lowest BCUT2D eigenvalue weighted by molar-refractivity contribution is 1.04. The number of nitrogens with zero attached hydrogens (tertiary/aromatic N) is 1. The Kier molecular flexibility index (Phi) is 11.5. The molecule has 0 amide bonds. The second kappa shape index (κ2) is 12.4. The molecule has 3 aromatic rings. The van der Waals surface area contributed by atoms with E-state index in [2.05, 4.69) is 73.1 Å². The van der Waals surface area contributed by atoms with E-state index in [4.69, 9.17) is 12.2 Å². The molecule has 0 aliphatic carbocycles. The zero-order chi connectivity index (χ0) is 19.4. The minimum Gasteiger partial charge on any atom is -0.308 e. The maximum atomic E-state index is 5.61. The molecular formula is C23H33NS. The van der Waals surface area contributed by atoms with Gasteiger partial charge in [-0.25, -0.2) is 0 Å². The highest BCUT2D eigenvalue weighted by Crippen LogP contribution is 2.20. The van der Waals surface area contributed by atoms with Crippen molar-refractivity contribution >= 4 is 23.0 Å². The lowest BCUT2D eigenvalue weighted by Gasteiger charge is -2.10. The van der Waals surface area contributed by atoms with Gasteiger partial charge in [-0.15, -0.1) is 0 Å². The van der Waals surface area contributed by atoms with Crippen molar-refractivity contribution in [1.82, 2.24) is 4.57 Å². The van der Waals surface area contributed by atoms with E-state index >= 15 is 0 Å². The Bertz CT molecular complexity index is 798. The Morgan fingerprint density at radius 2 is 1.20 bits per heavy atom. The van der Waals surface area contributed by atoms with Gasteiger partial charge in [0.05, 0.1) is 0 Å². The van der Waals surface area contributed by atoms with Gasteiger partial charge in [-0.05, 0) is 37.4 Å². The first kappa shape index (κ1) is 23.1. The Balaban J connectivity index is 0.000000871. The van der Waals surface area contributed by atoms with Crippen LogP contribution in [0.5, 0.6) is 0 Å². The summed E-state index contributed by atoms with van der Waals surface area (Å²) in [5.74, 6) is 0. The molecular weight excluding hydrogens is 322 g/mol. The van der Waals surface area contributed by atoms with E-state index in [-0.39, 0.29) is 0 Å². The van der Waals surface area contributed by atoms with Crippen LogP contribution < -0.4 is 0 Å². The summed E-state index contributed by atoms with van der Waals surface area (Å²) < 4.78 is 2.92. The van der Waals surface area contributed by atoms with Gasteiger partial charge in [-0.3, -0.25) is 0 Å². The zero-order valence-electron chi connectivity index (χ0n) is 17.1. The lowest BCUT2D eigenvalue weighted by atomic mass is 10.1. The quantitative estimate of drug-likeness (QED) is 0.400. The van der Waals surface area contributed by atoms with Crippen LogP contribution in [0.2, 0.25) is 0 Å². The first-order valence-corrected chi connectivity index (χ1v) is 9.75. The van der Waals surface area contributed by atoms with Crippen LogP contribution in [0.1, 0.15) is 52.7 Å². The third kappa shape index (κ3) is 6.13. The monoisotopic (exact) mass is 355 g/mol. The van der Waals surface area contributed by atoms with E-state index in [1.807, 2.05) is 41.5 Å². The lowest BCUT2D eigenvalue weighted by Crippen LogP contribution is -1.97. The largest absolute Gasteiger partial charge is 0.308 e. The third-order valence-electron chi connectivity index (χ3n) is 3.37. The van der Waals surface area contributed by atoms with E-state index in [1.54, 1.807) is 0 Å². The molecule has 0 aliphatic rings. The zero-order valence-corrected chi connectivity index (χ0v) is 17.9. The fourth-order valence-corrected chi connectivity index (χ4v) is 2.63. The van der Waals surface area contributed by atoms with E-state index in [9.17, 15) is 0 Å². The number of hydrogen-bond acceptors (Lipinski definition) is 1. The van der Waals surface area contributed by atoms with E-state index in [0.717, 1.165) is 15.7 Å². The first-order chi connectivity index (χ1) is 12.1. The van der Waals surface area contributed by atoms with E-state index in [1.165, 1.54) is 16.5 Å². The number of benzene rings is 2. The number of aromatic nitrogens is 1. The molecule has 1 heterocycles. The standard InChI is InChI=1S/C17H15NS.3C2H6/c1-12-3-6-15(7-4-12)18-10-9-14-11-13(2)5-8-16(14)17(18)19;3*1-2/h3-11H,1-2H3;3*1-2H3. The van der Waals surface area contributed by atoms with Crippen LogP contribution in [-0.4, -0.2) is 4.57 Å². The summed E-state index contributed by atoms with van der Waals surface area (Å²) in [4.78, 5) is 0. The topological polar surface area (TPSA) is 4.93 Å². The third-order valence-corrected chi connectivity index (χ3v) is 3.79. The van der Waals surface area contributed by atoms with Crippen LogP contribution >= 0.6 is 12.2 Å². The average Bonchev–Trinajstić information content (AvgIpc) is 2.68. The number of fused-ring (bicyclic) bond motifs is 1. The first-order valence-electron chi connectivity index (χ1n) is 9.34. The number of rotatable bonds is 1. The SMILES string of the molecule is CC.CC.CC.Cc1ccc(-n2ccc3cc(C)ccc3c2=S)cc1. The van der Waals surface area contributed by atoms with Crippen LogP contribution in [0.4, 0.5) is 0 Å². The Morgan fingerprint density at radius 1 is 0.680 bits per heavy atom. The van der Waals surface area contributed by atoms with Gasteiger partial charge in [0, 0.05) is 17.3 Å². The molecule has 0 fully saturated rings. The minimum absolute atomic E-state index is 0.862. The molecule has 2 heteroatoms. The molecule has 0 N–H and O–H groups in total. The van der Waals surface area contributed by atoms with E-state index < -0.39 is 0 Å². The summed E-state index contributed by atoms with van der Waals surface area (Å²) in [7, 11) is 0. The van der Waals surface area contributed by atoms with Crippen molar-refractivity contribution in [1.29, 1.82) is 0 Å². The minimum atomic E-state index is 0.862. The molecule has 1 aromatic heterocycles. The van der Waals surface area contributed by atoms with Gasteiger partial charge in [-0.1, -0.05) is 95.2 Å². The molecule has 136 valence electrons. The van der Waals surface area contributed by atoms with Crippen molar-refractivity contribution in [3.8, 4) is 5.69 Å². The second-order valence-corrected chi connectivity index (χ2v) is 5.30. The summed E-state index contributed by atoms with van der Waals surface area (Å²) >= 11 is 5.61. The van der Waals surface area contributed by atoms with Crippen LogP contribution in [0.3, 0.4) is 0 Å². The highest BCUT2D eigenvalue weighted by molar-refractivity contribution is 7.71. The molecule has 0 spiro atoms. The molecule has 0 saturated carbocycles. The Labute approximate surface area is 159 Å². The normalized spacial score (nSPS) is 8.96. The van der Waals surface area contributed by atoms with Gasteiger partial charge in [0.2, 0.25) is 0 Å². The fraction of sp³-hybridized carbons (Fsp3) is 0.348. The molecule has 0 saturated heterocycles. The molecule has 1 nitrogen and oxygen atoms in total. The smallest absolute Gasteiger partial charge is 0.118 e. The average molecular weight is 356 g/mol. The van der Waals surface area contributed by atoms with Crippen molar-refractivity contribution in [3.05, 3.63) is 70.5 Å². The molecule has 0 radical (unpaired) electrons. The predicted octanol–water partition coefficient (Wildman–Crippen LogP) is 8.06. The summed E-state index contributed by atoms with van der Waals surface area (Å²) in [5.41, 5.74) is 3.62. The van der Waals surface area contributed by atoms with Gasteiger partial charge in [0.25, 0.3) is 0 Å². The predicted molar refractivity (Wildman–Crippen MR) is 118 cm³/mol. The summed E-state index contributed by atoms with van der Waals surface area (Å²) in [6, 6.07) is 16.9. The summed E-state index contributed by atoms with van der Waals surface area (Å²) in [6.07, 6.45) is 2.05. The van der Waals surface area contributed by atoms with Gasteiger partial charge < -0.3 is 4.57 Å². The number of hydrogen-bond donors (Lipinski definition) is 0. The van der Waals surface area contributed by atoms with Crippen LogP contribution in [-0.2, 0) is 0 Å². The second-order valence-electron chi connectivity index (χ2n) is 4.92. The molecule has 2 aromatic carbocycles. The van der Waals surface area contributed by atoms with E-state index in [0.29, 0.717) is 0 Å². The molecule has 0 aliphatic heterocycles. The van der Waals surface area contributed by atoms with Crippen molar-refractivity contribution in [2.24, 2.45) is 0 Å². The highest BCUT2D eigenvalue weighted by atomic mass is 32.1. The summed E-state index contributed by atoms with van der Waals surface area (Å²) in [5, 5.41) is 2.33. The van der Waals surface area contributed by atoms with Gasteiger partial charge in [0.1, 0.15) is 4.64 Å². The molecule has 0 bridgehead atoms. The van der Waals surface area contributed by atoms with Crippen LogP contribution in [0.15, 0.2) is 54.7 Å². The molecule has 3 rings (SSSR count). The van der Waals surface area contributed by atoms with Gasteiger partial charge in [0.15, 0.2) is 0 Å². The maximum absolute atomic E-state index is 5.61. The van der Waals surface area contributed by atoms with Crippen molar-refractivity contribution in [2.45, 2.75) is 55.4 Å². The Hall–Kier alpha value is -1.93. The van der Waals surface area contributed by atoms with Gasteiger partial charge in [-0.2, -0.15) is 0 Å². The molecule has 0 atom stereocenters. The van der Waals surface area contributed by atoms with Crippen molar-refractivity contribution in [3.63, 3.8) is 0 Å². The number of pyridine rings is 1. The van der Waals surface area contributed by atoms with Crippen LogP contribution in [0.25, 0.3) is 16.5 Å². The van der Waals surface area contributed by atoms with Crippen LogP contribution in [0, 0.1) is 18.5 Å².